The first-order chi connectivity index (χ1) is 7.28. The van der Waals surface area contributed by atoms with Crippen molar-refractivity contribution in [2.24, 2.45) is 0 Å². The molecule has 0 aliphatic heterocycles. The van der Waals surface area contributed by atoms with Crippen molar-refractivity contribution in [1.82, 2.24) is 15.5 Å². The Morgan fingerprint density at radius 1 is 1.47 bits per heavy atom. The molecular weight excluding hydrogens is 210 g/mol. The third-order valence-corrected chi connectivity index (χ3v) is 3.78. The highest BCUT2D eigenvalue weighted by molar-refractivity contribution is 7.99. The Morgan fingerprint density at radius 2 is 2.33 bits per heavy atom. The first kappa shape index (κ1) is 11.0. The van der Waals surface area contributed by atoms with Gasteiger partial charge in [0.05, 0.1) is 0 Å². The Hall–Kier alpha value is -0.550. The maximum atomic E-state index is 5.36. The third kappa shape index (κ3) is 2.95. The fourth-order valence-corrected chi connectivity index (χ4v) is 3.11. The SMILES string of the molecule is CCNC1CCC(Sc2nnc(C)o2)C1. The molecule has 0 spiro atoms. The molecule has 2 rings (SSSR count). The normalized spacial score (nSPS) is 26.0. The van der Waals surface area contributed by atoms with Gasteiger partial charge in [-0.3, -0.25) is 0 Å². The van der Waals surface area contributed by atoms with Gasteiger partial charge in [0, 0.05) is 18.2 Å². The van der Waals surface area contributed by atoms with E-state index in [0.717, 1.165) is 11.8 Å². The van der Waals surface area contributed by atoms with Crippen molar-refractivity contribution in [3.05, 3.63) is 5.89 Å². The zero-order chi connectivity index (χ0) is 10.7. The monoisotopic (exact) mass is 227 g/mol. The number of hydrogen-bond donors (Lipinski definition) is 1. The molecule has 1 aromatic rings. The average molecular weight is 227 g/mol. The first-order valence-electron chi connectivity index (χ1n) is 5.48. The predicted octanol–water partition coefficient (Wildman–Crippen LogP) is 2.00. The van der Waals surface area contributed by atoms with Gasteiger partial charge in [-0.2, -0.15) is 0 Å². The Balaban J connectivity index is 1.82. The maximum absolute atomic E-state index is 5.36. The number of rotatable bonds is 4. The highest BCUT2D eigenvalue weighted by atomic mass is 32.2. The second-order valence-electron chi connectivity index (χ2n) is 3.89. The van der Waals surface area contributed by atoms with Crippen molar-refractivity contribution >= 4 is 11.8 Å². The lowest BCUT2D eigenvalue weighted by atomic mass is 10.2. The van der Waals surface area contributed by atoms with Crippen molar-refractivity contribution in [3.8, 4) is 0 Å². The van der Waals surface area contributed by atoms with Crippen LogP contribution in [0.2, 0.25) is 0 Å². The minimum atomic E-state index is 0.633. The third-order valence-electron chi connectivity index (χ3n) is 2.65. The smallest absolute Gasteiger partial charge is 0.276 e. The van der Waals surface area contributed by atoms with E-state index in [1.165, 1.54) is 19.3 Å². The van der Waals surface area contributed by atoms with Crippen molar-refractivity contribution in [3.63, 3.8) is 0 Å². The summed E-state index contributed by atoms with van der Waals surface area (Å²) < 4.78 is 5.36. The Bertz CT molecular complexity index is 315. The summed E-state index contributed by atoms with van der Waals surface area (Å²) in [5, 5.41) is 12.7. The van der Waals surface area contributed by atoms with Crippen molar-refractivity contribution < 1.29 is 4.42 Å². The van der Waals surface area contributed by atoms with Gasteiger partial charge in [-0.05, 0) is 25.8 Å². The van der Waals surface area contributed by atoms with Crippen LogP contribution < -0.4 is 5.32 Å². The Labute approximate surface area is 94.2 Å². The number of hydrogen-bond acceptors (Lipinski definition) is 5. The van der Waals surface area contributed by atoms with Gasteiger partial charge < -0.3 is 9.73 Å². The van der Waals surface area contributed by atoms with Crippen LogP contribution in [0, 0.1) is 6.92 Å². The molecule has 1 aromatic heterocycles. The Kier molecular flexibility index (Phi) is 3.64. The second-order valence-corrected chi connectivity index (χ2v) is 5.15. The molecule has 1 saturated carbocycles. The van der Waals surface area contributed by atoms with Crippen molar-refractivity contribution in [2.45, 2.75) is 49.6 Å². The predicted molar refractivity (Wildman–Crippen MR) is 60.0 cm³/mol. The van der Waals surface area contributed by atoms with Crippen LogP contribution in [-0.4, -0.2) is 28.0 Å². The van der Waals surface area contributed by atoms with E-state index in [1.54, 1.807) is 11.8 Å². The van der Waals surface area contributed by atoms with Gasteiger partial charge in [0.1, 0.15) is 0 Å². The minimum absolute atomic E-state index is 0.633. The van der Waals surface area contributed by atoms with Crippen LogP contribution >= 0.6 is 11.8 Å². The van der Waals surface area contributed by atoms with Gasteiger partial charge in [-0.25, -0.2) is 0 Å². The van der Waals surface area contributed by atoms with Crippen LogP contribution in [-0.2, 0) is 0 Å². The van der Waals surface area contributed by atoms with Gasteiger partial charge in [-0.1, -0.05) is 18.7 Å². The summed E-state index contributed by atoms with van der Waals surface area (Å²) in [7, 11) is 0. The van der Waals surface area contributed by atoms with Crippen molar-refractivity contribution in [2.75, 3.05) is 6.54 Å². The van der Waals surface area contributed by atoms with Gasteiger partial charge in [-0.15, -0.1) is 10.2 Å². The van der Waals surface area contributed by atoms with Gasteiger partial charge in [0.15, 0.2) is 0 Å². The molecule has 0 amide bonds. The number of nitrogens with zero attached hydrogens (tertiary/aromatic N) is 2. The summed E-state index contributed by atoms with van der Waals surface area (Å²) in [6.45, 7) is 5.04. The first-order valence-corrected chi connectivity index (χ1v) is 6.36. The molecule has 2 unspecified atom stereocenters. The van der Waals surface area contributed by atoms with Crippen LogP contribution in [0.25, 0.3) is 0 Å². The maximum Gasteiger partial charge on any atom is 0.276 e. The van der Waals surface area contributed by atoms with E-state index < -0.39 is 0 Å². The second kappa shape index (κ2) is 4.99. The summed E-state index contributed by atoms with van der Waals surface area (Å²) in [6.07, 6.45) is 3.71. The molecule has 5 heteroatoms. The summed E-state index contributed by atoms with van der Waals surface area (Å²) in [5.41, 5.74) is 0. The zero-order valence-electron chi connectivity index (χ0n) is 9.19. The van der Waals surface area contributed by atoms with E-state index >= 15 is 0 Å². The molecular formula is C10H17N3OS. The fraction of sp³-hybridized carbons (Fsp3) is 0.800. The molecule has 15 heavy (non-hydrogen) atoms. The van der Waals surface area contributed by atoms with Crippen LogP contribution in [0.15, 0.2) is 9.64 Å². The van der Waals surface area contributed by atoms with E-state index in [9.17, 15) is 0 Å². The highest BCUT2D eigenvalue weighted by Gasteiger charge is 2.26. The van der Waals surface area contributed by atoms with Gasteiger partial charge in [0.2, 0.25) is 5.89 Å². The highest BCUT2D eigenvalue weighted by Crippen LogP contribution is 2.34. The van der Waals surface area contributed by atoms with E-state index in [2.05, 4.69) is 22.4 Å². The van der Waals surface area contributed by atoms with Crippen LogP contribution in [0.4, 0.5) is 0 Å². The van der Waals surface area contributed by atoms with E-state index in [4.69, 9.17) is 4.42 Å². The molecule has 0 aromatic carbocycles. The Morgan fingerprint density at radius 3 is 3.00 bits per heavy atom. The van der Waals surface area contributed by atoms with Gasteiger partial charge in [0.25, 0.3) is 5.22 Å². The molecule has 4 nitrogen and oxygen atoms in total. The molecule has 1 fully saturated rings. The van der Waals surface area contributed by atoms with Gasteiger partial charge >= 0.3 is 0 Å². The van der Waals surface area contributed by atoms with E-state index in [0.29, 0.717) is 17.2 Å². The van der Waals surface area contributed by atoms with Crippen LogP contribution in [0.3, 0.4) is 0 Å². The quantitative estimate of drug-likeness (QED) is 0.852. The molecule has 2 atom stereocenters. The molecule has 0 radical (unpaired) electrons. The molecule has 1 aliphatic carbocycles. The summed E-state index contributed by atoms with van der Waals surface area (Å²) in [4.78, 5) is 0. The molecule has 0 bridgehead atoms. The average Bonchev–Trinajstić information content (AvgIpc) is 2.78. The summed E-state index contributed by atoms with van der Waals surface area (Å²) >= 11 is 1.72. The van der Waals surface area contributed by atoms with E-state index in [-0.39, 0.29) is 0 Å². The molecule has 1 N–H and O–H groups in total. The van der Waals surface area contributed by atoms with E-state index in [1.807, 2.05) is 6.92 Å². The topological polar surface area (TPSA) is 51.0 Å². The lowest BCUT2D eigenvalue weighted by Gasteiger charge is -2.09. The van der Waals surface area contributed by atoms with Crippen LogP contribution in [0.5, 0.6) is 0 Å². The number of aryl methyl sites for hydroxylation is 1. The standard InChI is InChI=1S/C10H17N3OS/c1-3-11-8-4-5-9(6-8)15-10-13-12-7(2)14-10/h8-9,11H,3-6H2,1-2H3. The number of nitrogens with one attached hydrogen (secondary N) is 1. The van der Waals surface area contributed by atoms with Crippen molar-refractivity contribution in [1.29, 1.82) is 0 Å². The molecule has 0 saturated heterocycles. The molecule has 1 heterocycles. The molecule has 84 valence electrons. The summed E-state index contributed by atoms with van der Waals surface area (Å²) in [6, 6.07) is 0.677. The largest absolute Gasteiger partial charge is 0.416 e. The lowest BCUT2D eigenvalue weighted by Crippen LogP contribution is -2.26. The number of aromatic nitrogens is 2. The lowest BCUT2D eigenvalue weighted by molar-refractivity contribution is 0.428. The number of thioether (sulfide) groups is 1. The minimum Gasteiger partial charge on any atom is -0.416 e. The summed E-state index contributed by atoms with van der Waals surface area (Å²) in [5.74, 6) is 0.652. The van der Waals surface area contributed by atoms with Crippen LogP contribution in [0.1, 0.15) is 32.1 Å². The zero-order valence-corrected chi connectivity index (χ0v) is 10.0. The fourth-order valence-electron chi connectivity index (χ4n) is 1.99. The molecule has 1 aliphatic rings.